The molecule has 1 heteroatoms. The Balaban J connectivity index is 2.49. The molecule has 0 fully saturated rings. The van der Waals surface area contributed by atoms with E-state index < -0.39 is 0 Å². The highest BCUT2D eigenvalue weighted by molar-refractivity contribution is 5.96. The van der Waals surface area contributed by atoms with Crippen molar-refractivity contribution in [1.82, 2.24) is 0 Å². The third kappa shape index (κ3) is 4.64. The van der Waals surface area contributed by atoms with Crippen molar-refractivity contribution in [3.63, 3.8) is 0 Å². The molecule has 0 radical (unpaired) electrons. The maximum atomic E-state index is 12.0. The molecule has 0 bridgehead atoms. The standard InChI is InChI=1S/C17H26O/c1-4-6-7-8-9-17(18)16-12-10-15(11-13-16)14(3)5-2/h10-14H,4-9H2,1-3H3. The van der Waals surface area contributed by atoms with E-state index >= 15 is 0 Å². The number of rotatable bonds is 8. The maximum absolute atomic E-state index is 12.0. The molecule has 0 amide bonds. The summed E-state index contributed by atoms with van der Waals surface area (Å²) in [6.45, 7) is 6.61. The molecule has 0 heterocycles. The topological polar surface area (TPSA) is 17.1 Å². The molecule has 0 aromatic heterocycles. The Bertz CT molecular complexity index is 350. The predicted molar refractivity (Wildman–Crippen MR) is 78.2 cm³/mol. The van der Waals surface area contributed by atoms with Crippen LogP contribution in [0.5, 0.6) is 0 Å². The zero-order valence-electron chi connectivity index (χ0n) is 12.0. The lowest BCUT2D eigenvalue weighted by molar-refractivity contribution is 0.0979. The fraction of sp³-hybridized carbons (Fsp3) is 0.588. The van der Waals surface area contributed by atoms with E-state index in [1.54, 1.807) is 0 Å². The van der Waals surface area contributed by atoms with Crippen LogP contribution in [0.15, 0.2) is 24.3 Å². The first kappa shape index (κ1) is 14.9. The normalized spacial score (nSPS) is 12.4. The number of ketones is 1. The third-order valence-electron chi connectivity index (χ3n) is 3.67. The highest BCUT2D eigenvalue weighted by Gasteiger charge is 2.07. The zero-order chi connectivity index (χ0) is 13.4. The minimum absolute atomic E-state index is 0.293. The summed E-state index contributed by atoms with van der Waals surface area (Å²) in [5, 5.41) is 0. The van der Waals surface area contributed by atoms with Gasteiger partial charge in [0.05, 0.1) is 0 Å². The Morgan fingerprint density at radius 3 is 2.28 bits per heavy atom. The van der Waals surface area contributed by atoms with Gasteiger partial charge in [-0.2, -0.15) is 0 Å². The van der Waals surface area contributed by atoms with E-state index in [0.717, 1.165) is 18.4 Å². The Hall–Kier alpha value is -1.11. The molecule has 0 aliphatic heterocycles. The SMILES string of the molecule is CCCCCCC(=O)c1ccc(C(C)CC)cc1. The first-order valence-electron chi connectivity index (χ1n) is 7.32. The first-order chi connectivity index (χ1) is 8.69. The first-order valence-corrected chi connectivity index (χ1v) is 7.32. The molecular formula is C17H26O. The summed E-state index contributed by atoms with van der Waals surface area (Å²) < 4.78 is 0. The van der Waals surface area contributed by atoms with Crippen LogP contribution in [0.25, 0.3) is 0 Å². The maximum Gasteiger partial charge on any atom is 0.162 e. The predicted octanol–water partition coefficient (Wildman–Crippen LogP) is 5.35. The van der Waals surface area contributed by atoms with Gasteiger partial charge in [-0.25, -0.2) is 0 Å². The van der Waals surface area contributed by atoms with Gasteiger partial charge in [0.25, 0.3) is 0 Å². The molecule has 0 aliphatic rings. The molecular weight excluding hydrogens is 220 g/mol. The van der Waals surface area contributed by atoms with E-state index in [2.05, 4.69) is 32.9 Å². The molecule has 0 spiro atoms. The van der Waals surface area contributed by atoms with Gasteiger partial charge in [0.1, 0.15) is 0 Å². The van der Waals surface area contributed by atoms with Gasteiger partial charge in [-0.1, -0.05) is 64.3 Å². The van der Waals surface area contributed by atoms with Crippen molar-refractivity contribution in [1.29, 1.82) is 0 Å². The Morgan fingerprint density at radius 2 is 1.72 bits per heavy atom. The monoisotopic (exact) mass is 246 g/mol. The minimum Gasteiger partial charge on any atom is -0.294 e. The van der Waals surface area contributed by atoms with Crippen LogP contribution in [0.3, 0.4) is 0 Å². The van der Waals surface area contributed by atoms with Crippen molar-refractivity contribution in [3.8, 4) is 0 Å². The minimum atomic E-state index is 0.293. The van der Waals surface area contributed by atoms with Crippen LogP contribution in [-0.2, 0) is 0 Å². The van der Waals surface area contributed by atoms with Gasteiger partial charge in [-0.3, -0.25) is 4.79 Å². The van der Waals surface area contributed by atoms with Crippen LogP contribution < -0.4 is 0 Å². The molecule has 0 saturated heterocycles. The van der Waals surface area contributed by atoms with Gasteiger partial charge < -0.3 is 0 Å². The molecule has 1 atom stereocenters. The third-order valence-corrected chi connectivity index (χ3v) is 3.67. The quantitative estimate of drug-likeness (QED) is 0.446. The summed E-state index contributed by atoms with van der Waals surface area (Å²) in [7, 11) is 0. The average molecular weight is 246 g/mol. The van der Waals surface area contributed by atoms with Crippen molar-refractivity contribution < 1.29 is 4.79 Å². The number of hydrogen-bond donors (Lipinski definition) is 0. The Labute approximate surface area is 112 Å². The van der Waals surface area contributed by atoms with E-state index in [1.165, 1.54) is 24.8 Å². The van der Waals surface area contributed by atoms with Crippen LogP contribution in [0.2, 0.25) is 0 Å². The summed E-state index contributed by atoms with van der Waals surface area (Å²) >= 11 is 0. The number of hydrogen-bond acceptors (Lipinski definition) is 1. The van der Waals surface area contributed by atoms with Crippen LogP contribution in [0, 0.1) is 0 Å². The molecule has 1 nitrogen and oxygen atoms in total. The van der Waals surface area contributed by atoms with Crippen LogP contribution >= 0.6 is 0 Å². The fourth-order valence-electron chi connectivity index (χ4n) is 2.09. The average Bonchev–Trinajstić information content (AvgIpc) is 2.42. The van der Waals surface area contributed by atoms with Crippen LogP contribution in [0.4, 0.5) is 0 Å². The smallest absolute Gasteiger partial charge is 0.162 e. The zero-order valence-corrected chi connectivity index (χ0v) is 12.0. The van der Waals surface area contributed by atoms with E-state index in [9.17, 15) is 4.79 Å². The second-order valence-electron chi connectivity index (χ2n) is 5.17. The summed E-state index contributed by atoms with van der Waals surface area (Å²) in [4.78, 5) is 12.0. The lowest BCUT2D eigenvalue weighted by atomic mass is 9.96. The molecule has 1 aromatic rings. The molecule has 0 aliphatic carbocycles. The highest BCUT2D eigenvalue weighted by Crippen LogP contribution is 2.19. The van der Waals surface area contributed by atoms with Gasteiger partial charge in [0.2, 0.25) is 0 Å². The van der Waals surface area contributed by atoms with Crippen molar-refractivity contribution in [2.45, 2.75) is 65.2 Å². The number of carbonyl (C=O) groups is 1. The van der Waals surface area contributed by atoms with Crippen LogP contribution in [-0.4, -0.2) is 5.78 Å². The fourth-order valence-corrected chi connectivity index (χ4v) is 2.09. The second kappa shape index (κ2) is 8.07. The van der Waals surface area contributed by atoms with Gasteiger partial charge in [0.15, 0.2) is 5.78 Å². The van der Waals surface area contributed by atoms with E-state index in [1.807, 2.05) is 12.1 Å². The number of carbonyl (C=O) groups excluding carboxylic acids is 1. The molecule has 1 rings (SSSR count). The molecule has 18 heavy (non-hydrogen) atoms. The summed E-state index contributed by atoms with van der Waals surface area (Å²) in [6.07, 6.45) is 6.50. The van der Waals surface area contributed by atoms with Crippen molar-refractivity contribution in [2.75, 3.05) is 0 Å². The molecule has 1 unspecified atom stereocenters. The number of unbranched alkanes of at least 4 members (excludes halogenated alkanes) is 3. The van der Waals surface area contributed by atoms with Crippen molar-refractivity contribution in [3.05, 3.63) is 35.4 Å². The Morgan fingerprint density at radius 1 is 1.06 bits per heavy atom. The van der Waals surface area contributed by atoms with Crippen LogP contribution in [0.1, 0.15) is 81.1 Å². The van der Waals surface area contributed by atoms with Gasteiger partial charge >= 0.3 is 0 Å². The summed E-state index contributed by atoms with van der Waals surface area (Å²) in [5.41, 5.74) is 2.21. The molecule has 100 valence electrons. The van der Waals surface area contributed by atoms with E-state index in [0.29, 0.717) is 18.1 Å². The van der Waals surface area contributed by atoms with E-state index in [-0.39, 0.29) is 0 Å². The number of benzene rings is 1. The highest BCUT2D eigenvalue weighted by atomic mass is 16.1. The molecule has 1 aromatic carbocycles. The van der Waals surface area contributed by atoms with Crippen molar-refractivity contribution >= 4 is 5.78 Å². The molecule has 0 saturated carbocycles. The lowest BCUT2D eigenvalue weighted by Crippen LogP contribution is -2.00. The molecule has 0 N–H and O–H groups in total. The summed E-state index contributed by atoms with van der Waals surface area (Å²) in [5.74, 6) is 0.875. The van der Waals surface area contributed by atoms with Gasteiger partial charge in [-0.15, -0.1) is 0 Å². The second-order valence-corrected chi connectivity index (χ2v) is 5.17. The van der Waals surface area contributed by atoms with E-state index in [4.69, 9.17) is 0 Å². The largest absolute Gasteiger partial charge is 0.294 e. The van der Waals surface area contributed by atoms with Gasteiger partial charge in [0, 0.05) is 12.0 Å². The lowest BCUT2D eigenvalue weighted by Gasteiger charge is -2.09. The summed E-state index contributed by atoms with van der Waals surface area (Å²) in [6, 6.07) is 8.19. The van der Waals surface area contributed by atoms with Crippen molar-refractivity contribution in [2.24, 2.45) is 0 Å². The Kier molecular flexibility index (Phi) is 6.70. The number of Topliss-reactive ketones (excluding diaryl/α,β-unsaturated/α-hetero) is 1. The van der Waals surface area contributed by atoms with Gasteiger partial charge in [-0.05, 0) is 24.3 Å².